The third-order valence-corrected chi connectivity index (χ3v) is 5.81. The number of aryl methyl sites for hydroxylation is 1. The Labute approximate surface area is 184 Å². The molecule has 0 spiro atoms. The van der Waals surface area contributed by atoms with Crippen molar-refractivity contribution in [2.24, 2.45) is 0 Å². The Balaban J connectivity index is 1.43. The summed E-state index contributed by atoms with van der Waals surface area (Å²) in [6.45, 7) is 7.23. The summed E-state index contributed by atoms with van der Waals surface area (Å²) >= 11 is 0. The second-order valence-corrected chi connectivity index (χ2v) is 8.81. The highest BCUT2D eigenvalue weighted by Crippen LogP contribution is 2.44. The molecule has 8 nitrogen and oxygen atoms in total. The maximum absolute atomic E-state index is 6.32. The van der Waals surface area contributed by atoms with Crippen molar-refractivity contribution < 1.29 is 18.9 Å². The van der Waals surface area contributed by atoms with E-state index in [2.05, 4.69) is 22.4 Å². The third-order valence-electron chi connectivity index (χ3n) is 5.81. The quantitative estimate of drug-likeness (QED) is 0.495. The van der Waals surface area contributed by atoms with Crippen LogP contribution in [0.2, 0.25) is 0 Å². The van der Waals surface area contributed by atoms with E-state index in [1.807, 2.05) is 48.9 Å². The molecule has 0 amide bonds. The van der Waals surface area contributed by atoms with Crippen LogP contribution >= 0.6 is 0 Å². The molecular weight excluding hydrogens is 396 g/mol. The maximum Gasteiger partial charge on any atom is 0.190 e. The summed E-state index contributed by atoms with van der Waals surface area (Å²) in [7, 11) is 0. The fourth-order valence-electron chi connectivity index (χ4n) is 4.25. The topological polar surface area (TPSA) is 80.5 Å². The summed E-state index contributed by atoms with van der Waals surface area (Å²) in [5.74, 6) is -0.0370. The lowest BCUT2D eigenvalue weighted by Crippen LogP contribution is -2.34. The van der Waals surface area contributed by atoms with Crippen molar-refractivity contribution in [2.75, 3.05) is 0 Å². The lowest BCUT2D eigenvalue weighted by molar-refractivity contribution is -0.221. The van der Waals surface area contributed by atoms with Crippen molar-refractivity contribution in [3.05, 3.63) is 41.7 Å². The van der Waals surface area contributed by atoms with Gasteiger partial charge in [0.1, 0.15) is 12.2 Å². The van der Waals surface area contributed by atoms with Gasteiger partial charge in [-0.1, -0.05) is 69.4 Å². The number of fused-ring (bicyclic) bond motifs is 1. The van der Waals surface area contributed by atoms with Crippen LogP contribution in [-0.2, 0) is 32.1 Å². The first-order chi connectivity index (χ1) is 15.1. The van der Waals surface area contributed by atoms with E-state index in [9.17, 15) is 0 Å². The van der Waals surface area contributed by atoms with Crippen molar-refractivity contribution in [3.8, 4) is 0 Å². The molecular formula is C23H34N4O4. The summed E-state index contributed by atoms with van der Waals surface area (Å²) in [5.41, 5.74) is 1.09. The first-order valence-corrected chi connectivity index (χ1v) is 11.5. The third kappa shape index (κ3) is 5.49. The van der Waals surface area contributed by atoms with Gasteiger partial charge >= 0.3 is 0 Å². The molecule has 2 fully saturated rings. The van der Waals surface area contributed by atoms with E-state index in [0.717, 1.165) is 18.5 Å². The van der Waals surface area contributed by atoms with Crippen LogP contribution < -0.4 is 0 Å². The van der Waals surface area contributed by atoms with Crippen molar-refractivity contribution in [1.82, 2.24) is 20.2 Å². The highest BCUT2D eigenvalue weighted by atomic mass is 16.8. The summed E-state index contributed by atoms with van der Waals surface area (Å²) in [6.07, 6.45) is 5.66. The van der Waals surface area contributed by atoms with E-state index in [1.165, 1.54) is 32.1 Å². The van der Waals surface area contributed by atoms with Gasteiger partial charge in [-0.05, 0) is 36.3 Å². The lowest BCUT2D eigenvalue weighted by atomic mass is 10.1. The number of ether oxygens (including phenoxy) is 4. The molecule has 2 saturated heterocycles. The van der Waals surface area contributed by atoms with Gasteiger partial charge in [0.05, 0.1) is 6.61 Å². The molecule has 0 bridgehead atoms. The molecule has 0 saturated carbocycles. The first kappa shape index (κ1) is 22.3. The predicted octanol–water partition coefficient (Wildman–Crippen LogP) is 4.17. The number of hydrogen-bond donors (Lipinski definition) is 0. The lowest BCUT2D eigenvalue weighted by Gasteiger charge is -2.25. The molecule has 0 radical (unpaired) electrons. The average molecular weight is 431 g/mol. The molecule has 0 aliphatic carbocycles. The number of tetrazole rings is 1. The van der Waals surface area contributed by atoms with Crippen LogP contribution in [0.5, 0.6) is 0 Å². The van der Waals surface area contributed by atoms with Gasteiger partial charge in [0.15, 0.2) is 24.0 Å². The normalized spacial score (nSPS) is 26.9. The van der Waals surface area contributed by atoms with Crippen molar-refractivity contribution in [3.63, 3.8) is 0 Å². The van der Waals surface area contributed by atoms with Gasteiger partial charge in [0, 0.05) is 6.54 Å². The summed E-state index contributed by atoms with van der Waals surface area (Å²) in [4.78, 5) is 0. The van der Waals surface area contributed by atoms with Gasteiger partial charge in [-0.3, -0.25) is 0 Å². The number of nitrogens with zero attached hydrogens (tertiary/aromatic N) is 4. The molecule has 1 aromatic heterocycles. The summed E-state index contributed by atoms with van der Waals surface area (Å²) in [6, 6.07) is 10.1. The van der Waals surface area contributed by atoms with Gasteiger partial charge in [-0.2, -0.15) is 0 Å². The fourth-order valence-corrected chi connectivity index (χ4v) is 4.25. The zero-order chi connectivity index (χ0) is 21.7. The molecule has 2 aliphatic rings. The Kier molecular flexibility index (Phi) is 7.32. The smallest absolute Gasteiger partial charge is 0.190 e. The largest absolute Gasteiger partial charge is 0.367 e. The number of unbranched alkanes of at least 4 members (excludes halogenated alkanes) is 5. The Bertz CT molecular complexity index is 813. The molecule has 3 heterocycles. The molecule has 170 valence electrons. The molecule has 0 unspecified atom stereocenters. The van der Waals surface area contributed by atoms with E-state index in [4.69, 9.17) is 18.9 Å². The van der Waals surface area contributed by atoms with Gasteiger partial charge in [0.25, 0.3) is 0 Å². The number of benzene rings is 1. The van der Waals surface area contributed by atoms with Crippen LogP contribution in [-0.4, -0.2) is 44.5 Å². The molecule has 0 N–H and O–H groups in total. The van der Waals surface area contributed by atoms with Crippen LogP contribution in [0, 0.1) is 0 Å². The molecule has 4 rings (SSSR count). The average Bonchev–Trinajstić information content (AvgIpc) is 3.42. The van der Waals surface area contributed by atoms with Gasteiger partial charge in [0.2, 0.25) is 0 Å². The highest BCUT2D eigenvalue weighted by molar-refractivity contribution is 5.14. The number of rotatable bonds is 11. The Morgan fingerprint density at radius 1 is 1.03 bits per heavy atom. The van der Waals surface area contributed by atoms with Crippen LogP contribution in [0.25, 0.3) is 0 Å². The van der Waals surface area contributed by atoms with Gasteiger partial charge in [-0.25, -0.2) is 4.68 Å². The SMILES string of the molecule is CCCCCCCCn1nnnc1[C@H]1O[C@@H]2OC(C)(C)O[C@@H]2[C@H]1OCc1ccccc1. The Hall–Kier alpha value is -1.87. The van der Waals surface area contributed by atoms with Gasteiger partial charge in [-0.15, -0.1) is 5.10 Å². The van der Waals surface area contributed by atoms with Crippen LogP contribution in [0.1, 0.15) is 76.8 Å². The zero-order valence-corrected chi connectivity index (χ0v) is 18.8. The molecule has 2 aliphatic heterocycles. The van der Waals surface area contributed by atoms with E-state index in [0.29, 0.717) is 12.4 Å². The molecule has 4 atom stereocenters. The molecule has 1 aromatic carbocycles. The summed E-state index contributed by atoms with van der Waals surface area (Å²) in [5, 5.41) is 12.4. The Morgan fingerprint density at radius 2 is 1.81 bits per heavy atom. The molecule has 2 aromatic rings. The second-order valence-electron chi connectivity index (χ2n) is 8.81. The van der Waals surface area contributed by atoms with Crippen LogP contribution in [0.3, 0.4) is 0 Å². The van der Waals surface area contributed by atoms with E-state index < -0.39 is 18.2 Å². The van der Waals surface area contributed by atoms with Crippen molar-refractivity contribution >= 4 is 0 Å². The van der Waals surface area contributed by atoms with Crippen LogP contribution in [0.4, 0.5) is 0 Å². The highest BCUT2D eigenvalue weighted by Gasteiger charge is 2.57. The molecule has 8 heteroatoms. The summed E-state index contributed by atoms with van der Waals surface area (Å²) < 4.78 is 26.5. The van der Waals surface area contributed by atoms with Crippen molar-refractivity contribution in [1.29, 1.82) is 0 Å². The van der Waals surface area contributed by atoms with Crippen LogP contribution in [0.15, 0.2) is 30.3 Å². The first-order valence-electron chi connectivity index (χ1n) is 11.5. The van der Waals surface area contributed by atoms with Gasteiger partial charge < -0.3 is 18.9 Å². The second kappa shape index (κ2) is 10.2. The fraction of sp³-hybridized carbons (Fsp3) is 0.696. The molecule has 31 heavy (non-hydrogen) atoms. The standard InChI is InChI=1S/C23H34N4O4/c1-4-5-6-7-8-12-15-27-21(24-25-26-27)19-18(28-16-17-13-10-9-11-14-17)20-22(29-19)31-23(2,3)30-20/h9-11,13-14,18-20,22H,4-8,12,15-16H2,1-3H3/t18-,19-,20+,22+/m0/s1. The van der Waals surface area contributed by atoms with E-state index in [-0.39, 0.29) is 12.2 Å². The minimum Gasteiger partial charge on any atom is -0.367 e. The predicted molar refractivity (Wildman–Crippen MR) is 114 cm³/mol. The number of hydrogen-bond acceptors (Lipinski definition) is 7. The minimum absolute atomic E-state index is 0.331. The minimum atomic E-state index is -0.709. The monoisotopic (exact) mass is 430 g/mol. The van der Waals surface area contributed by atoms with E-state index in [1.54, 1.807) is 0 Å². The van der Waals surface area contributed by atoms with Crippen molar-refractivity contribution in [2.45, 2.75) is 103 Å². The zero-order valence-electron chi connectivity index (χ0n) is 18.8. The Morgan fingerprint density at radius 3 is 2.61 bits per heavy atom. The maximum atomic E-state index is 6.32. The number of aromatic nitrogens is 4. The van der Waals surface area contributed by atoms with E-state index >= 15 is 0 Å².